The highest BCUT2D eigenvalue weighted by Gasteiger charge is 2.30. The van der Waals surface area contributed by atoms with Crippen molar-refractivity contribution in [2.75, 3.05) is 13.2 Å². The summed E-state index contributed by atoms with van der Waals surface area (Å²) >= 11 is 6.20. The summed E-state index contributed by atoms with van der Waals surface area (Å²) in [6.07, 6.45) is 2.75. The normalized spacial score (nSPS) is 26.0. The first-order valence-electron chi connectivity index (χ1n) is 5.56. The van der Waals surface area contributed by atoms with Crippen LogP contribution in [0.3, 0.4) is 0 Å². The number of hydrogen-bond acceptors (Lipinski definition) is 3. The molecular weight excluding hydrogens is 226 g/mol. The third-order valence-corrected chi connectivity index (χ3v) is 3.62. The number of hydrogen-bond donors (Lipinski definition) is 1. The van der Waals surface area contributed by atoms with Crippen LogP contribution in [0.1, 0.15) is 24.1 Å². The second kappa shape index (κ2) is 4.35. The fourth-order valence-corrected chi connectivity index (χ4v) is 2.48. The van der Waals surface area contributed by atoms with Gasteiger partial charge >= 0.3 is 0 Å². The van der Waals surface area contributed by atoms with E-state index in [1.165, 1.54) is 0 Å². The van der Waals surface area contributed by atoms with Gasteiger partial charge in [-0.05, 0) is 26.2 Å². The predicted molar refractivity (Wildman–Crippen MR) is 63.6 cm³/mol. The Kier molecular flexibility index (Phi) is 3.24. The fraction of sp³-hybridized carbons (Fsp3) is 0.727. The smallest absolute Gasteiger partial charge is 0.130 e. The van der Waals surface area contributed by atoms with Gasteiger partial charge in [-0.15, -0.1) is 0 Å². The van der Waals surface area contributed by atoms with Gasteiger partial charge in [0.1, 0.15) is 5.15 Å². The highest BCUT2D eigenvalue weighted by molar-refractivity contribution is 6.30. The standard InChI is InChI=1S/C11H18ClN3O/c1-8-9(10(12)15(2)14-8)6-11(13)4-3-5-16-7-11/h3-7,13H2,1-2H3. The van der Waals surface area contributed by atoms with Crippen molar-refractivity contribution in [2.45, 2.75) is 31.7 Å². The molecule has 1 saturated heterocycles. The van der Waals surface area contributed by atoms with Crippen molar-refractivity contribution in [2.24, 2.45) is 12.8 Å². The molecule has 0 bridgehead atoms. The van der Waals surface area contributed by atoms with E-state index >= 15 is 0 Å². The maximum atomic E-state index is 6.32. The molecule has 2 N–H and O–H groups in total. The third kappa shape index (κ3) is 2.24. The molecular formula is C11H18ClN3O. The molecule has 0 aliphatic carbocycles. The fourth-order valence-electron chi connectivity index (χ4n) is 2.24. The third-order valence-electron chi connectivity index (χ3n) is 3.15. The van der Waals surface area contributed by atoms with Gasteiger partial charge in [-0.1, -0.05) is 11.6 Å². The summed E-state index contributed by atoms with van der Waals surface area (Å²) < 4.78 is 7.14. The van der Waals surface area contributed by atoms with Crippen molar-refractivity contribution < 1.29 is 4.74 Å². The summed E-state index contributed by atoms with van der Waals surface area (Å²) in [5.74, 6) is 0. The van der Waals surface area contributed by atoms with Crippen LogP contribution < -0.4 is 5.73 Å². The van der Waals surface area contributed by atoms with Crippen LogP contribution in [0.2, 0.25) is 5.15 Å². The molecule has 0 aromatic carbocycles. The lowest BCUT2D eigenvalue weighted by Crippen LogP contribution is -2.49. The number of nitrogens with two attached hydrogens (primary N) is 1. The lowest BCUT2D eigenvalue weighted by molar-refractivity contribution is 0.0382. The molecule has 1 aromatic heterocycles. The molecule has 0 amide bonds. The van der Waals surface area contributed by atoms with Crippen LogP contribution in [0, 0.1) is 6.92 Å². The van der Waals surface area contributed by atoms with Gasteiger partial charge in [-0.25, -0.2) is 0 Å². The molecule has 1 aromatic rings. The van der Waals surface area contributed by atoms with E-state index in [4.69, 9.17) is 22.1 Å². The summed E-state index contributed by atoms with van der Waals surface area (Å²) in [5.41, 5.74) is 8.05. The minimum atomic E-state index is -0.282. The molecule has 1 fully saturated rings. The van der Waals surface area contributed by atoms with Gasteiger partial charge in [0, 0.05) is 24.8 Å². The molecule has 1 atom stereocenters. The molecule has 0 radical (unpaired) electrons. The van der Waals surface area contributed by atoms with E-state index in [1.54, 1.807) is 4.68 Å². The average molecular weight is 244 g/mol. The molecule has 2 rings (SSSR count). The van der Waals surface area contributed by atoms with Crippen LogP contribution in [0.5, 0.6) is 0 Å². The lowest BCUT2D eigenvalue weighted by atomic mass is 9.87. The predicted octanol–water partition coefficient (Wildman–Crippen LogP) is 1.43. The Balaban J connectivity index is 2.19. The quantitative estimate of drug-likeness (QED) is 0.855. The first-order valence-corrected chi connectivity index (χ1v) is 5.94. The molecule has 0 saturated carbocycles. The summed E-state index contributed by atoms with van der Waals surface area (Å²) in [5, 5.41) is 4.98. The highest BCUT2D eigenvalue weighted by Crippen LogP contribution is 2.27. The molecule has 0 spiro atoms. The van der Waals surface area contributed by atoms with Gasteiger partial charge in [-0.3, -0.25) is 4.68 Å². The Morgan fingerprint density at radius 2 is 2.38 bits per heavy atom. The SMILES string of the molecule is Cc1nn(C)c(Cl)c1CC1(N)CCCOC1. The first kappa shape index (κ1) is 11.9. The van der Waals surface area contributed by atoms with Gasteiger partial charge in [0.15, 0.2) is 0 Å². The van der Waals surface area contributed by atoms with Crippen molar-refractivity contribution in [3.05, 3.63) is 16.4 Å². The largest absolute Gasteiger partial charge is 0.380 e. The lowest BCUT2D eigenvalue weighted by Gasteiger charge is -2.33. The zero-order chi connectivity index (χ0) is 11.8. The van der Waals surface area contributed by atoms with Gasteiger partial charge in [0.05, 0.1) is 12.3 Å². The first-order chi connectivity index (χ1) is 7.52. The van der Waals surface area contributed by atoms with E-state index in [0.717, 1.165) is 37.1 Å². The Labute approximate surface area is 101 Å². The zero-order valence-corrected chi connectivity index (χ0v) is 10.5. The van der Waals surface area contributed by atoms with Crippen molar-refractivity contribution in [3.63, 3.8) is 0 Å². The molecule has 2 heterocycles. The van der Waals surface area contributed by atoms with Crippen molar-refractivity contribution in [3.8, 4) is 0 Å². The summed E-state index contributed by atoms with van der Waals surface area (Å²) in [6, 6.07) is 0. The van der Waals surface area contributed by atoms with Crippen LogP contribution in [0.25, 0.3) is 0 Å². The van der Waals surface area contributed by atoms with Gasteiger partial charge in [-0.2, -0.15) is 5.10 Å². The van der Waals surface area contributed by atoms with Crippen LogP contribution in [0.15, 0.2) is 0 Å². The van der Waals surface area contributed by atoms with E-state index in [2.05, 4.69) is 5.10 Å². The maximum Gasteiger partial charge on any atom is 0.130 e. The van der Waals surface area contributed by atoms with Crippen molar-refractivity contribution in [1.29, 1.82) is 0 Å². The minimum absolute atomic E-state index is 0.282. The number of ether oxygens (including phenoxy) is 1. The summed E-state index contributed by atoms with van der Waals surface area (Å²) in [4.78, 5) is 0. The molecule has 1 aliphatic heterocycles. The molecule has 4 nitrogen and oxygen atoms in total. The van der Waals surface area contributed by atoms with E-state index < -0.39 is 0 Å². The van der Waals surface area contributed by atoms with E-state index in [1.807, 2.05) is 14.0 Å². The molecule has 5 heteroatoms. The summed E-state index contributed by atoms with van der Waals surface area (Å²) in [7, 11) is 1.85. The molecule has 16 heavy (non-hydrogen) atoms. The minimum Gasteiger partial charge on any atom is -0.380 e. The van der Waals surface area contributed by atoms with Crippen LogP contribution >= 0.6 is 11.6 Å². The van der Waals surface area contributed by atoms with Gasteiger partial charge in [0.25, 0.3) is 0 Å². The van der Waals surface area contributed by atoms with Crippen LogP contribution in [0.4, 0.5) is 0 Å². The molecule has 1 aliphatic rings. The number of rotatable bonds is 2. The second-order valence-corrected chi connectivity index (χ2v) is 5.03. The zero-order valence-electron chi connectivity index (χ0n) is 9.79. The van der Waals surface area contributed by atoms with Crippen LogP contribution in [-0.2, 0) is 18.2 Å². The van der Waals surface area contributed by atoms with Crippen molar-refractivity contribution >= 4 is 11.6 Å². The van der Waals surface area contributed by atoms with E-state index in [0.29, 0.717) is 11.8 Å². The highest BCUT2D eigenvalue weighted by atomic mass is 35.5. The Morgan fingerprint density at radius 3 is 2.88 bits per heavy atom. The topological polar surface area (TPSA) is 53.1 Å². The Morgan fingerprint density at radius 1 is 1.62 bits per heavy atom. The Hall–Kier alpha value is -0.580. The summed E-state index contributed by atoms with van der Waals surface area (Å²) in [6.45, 7) is 3.39. The van der Waals surface area contributed by atoms with Crippen molar-refractivity contribution in [1.82, 2.24) is 9.78 Å². The van der Waals surface area contributed by atoms with Gasteiger partial charge < -0.3 is 10.5 Å². The number of aromatic nitrogens is 2. The van der Waals surface area contributed by atoms with Crippen LogP contribution in [-0.4, -0.2) is 28.5 Å². The van der Waals surface area contributed by atoms with Gasteiger partial charge in [0.2, 0.25) is 0 Å². The maximum absolute atomic E-state index is 6.32. The number of nitrogens with zero attached hydrogens (tertiary/aromatic N) is 2. The monoisotopic (exact) mass is 243 g/mol. The number of aryl methyl sites for hydroxylation is 2. The van der Waals surface area contributed by atoms with E-state index in [-0.39, 0.29) is 5.54 Å². The molecule has 90 valence electrons. The Bertz CT molecular complexity index is 383. The van der Waals surface area contributed by atoms with E-state index in [9.17, 15) is 0 Å². The second-order valence-electron chi connectivity index (χ2n) is 4.67. The average Bonchev–Trinajstić information content (AvgIpc) is 2.46. The molecule has 1 unspecified atom stereocenters. The number of halogens is 1.